The van der Waals surface area contributed by atoms with Crippen LogP contribution in [0.4, 0.5) is 4.39 Å². The molecule has 0 saturated carbocycles. The van der Waals surface area contributed by atoms with Crippen molar-refractivity contribution in [2.75, 3.05) is 19.7 Å². The molecule has 1 atom stereocenters. The largest absolute Gasteiger partial charge is 0.490 e. The van der Waals surface area contributed by atoms with Gasteiger partial charge < -0.3 is 15.2 Å². The summed E-state index contributed by atoms with van der Waals surface area (Å²) in [6, 6.07) is 6.36. The van der Waals surface area contributed by atoms with Crippen LogP contribution in [0, 0.1) is 5.82 Å². The van der Waals surface area contributed by atoms with Crippen molar-refractivity contribution in [3.63, 3.8) is 0 Å². The lowest BCUT2D eigenvalue weighted by Gasteiger charge is -2.08. The number of para-hydroxylation sites is 1. The van der Waals surface area contributed by atoms with E-state index in [1.54, 1.807) is 25.1 Å². The van der Waals surface area contributed by atoms with Crippen LogP contribution in [-0.4, -0.2) is 30.9 Å². The van der Waals surface area contributed by atoms with E-state index in [2.05, 4.69) is 5.32 Å². The monoisotopic (exact) mass is 227 g/mol. The lowest BCUT2D eigenvalue weighted by molar-refractivity contribution is 0.190. The first-order chi connectivity index (χ1) is 7.70. The molecule has 0 aliphatic carbocycles. The average Bonchev–Trinajstić information content (AvgIpc) is 2.25. The number of hydrogen-bond acceptors (Lipinski definition) is 3. The van der Waals surface area contributed by atoms with Gasteiger partial charge in [-0.1, -0.05) is 12.1 Å². The van der Waals surface area contributed by atoms with Gasteiger partial charge in [0.1, 0.15) is 0 Å². The molecule has 16 heavy (non-hydrogen) atoms. The Balaban J connectivity index is 2.10. The summed E-state index contributed by atoms with van der Waals surface area (Å²) >= 11 is 0. The van der Waals surface area contributed by atoms with E-state index in [0.717, 1.165) is 13.0 Å². The summed E-state index contributed by atoms with van der Waals surface area (Å²) in [5.41, 5.74) is 0. The fourth-order valence-electron chi connectivity index (χ4n) is 1.25. The second-order valence-corrected chi connectivity index (χ2v) is 3.69. The zero-order valence-corrected chi connectivity index (χ0v) is 9.45. The number of aliphatic hydroxyl groups is 1. The fraction of sp³-hybridized carbons (Fsp3) is 0.500. The second kappa shape index (κ2) is 7.19. The Hall–Kier alpha value is -1.13. The molecular formula is C12H18FNO2. The Morgan fingerprint density at radius 3 is 2.88 bits per heavy atom. The smallest absolute Gasteiger partial charge is 0.165 e. The van der Waals surface area contributed by atoms with E-state index in [4.69, 9.17) is 9.84 Å². The SMILES string of the molecule is C[C@@H](O)CNCCCOc1ccccc1F. The van der Waals surface area contributed by atoms with Gasteiger partial charge in [0.05, 0.1) is 12.7 Å². The van der Waals surface area contributed by atoms with Crippen molar-refractivity contribution in [3.8, 4) is 5.75 Å². The van der Waals surface area contributed by atoms with Gasteiger partial charge in [0, 0.05) is 6.54 Å². The molecule has 0 heterocycles. The second-order valence-electron chi connectivity index (χ2n) is 3.69. The molecular weight excluding hydrogens is 209 g/mol. The minimum Gasteiger partial charge on any atom is -0.490 e. The molecule has 90 valence electrons. The van der Waals surface area contributed by atoms with E-state index in [-0.39, 0.29) is 17.7 Å². The van der Waals surface area contributed by atoms with Gasteiger partial charge >= 0.3 is 0 Å². The molecule has 4 heteroatoms. The first-order valence-electron chi connectivity index (χ1n) is 5.46. The quantitative estimate of drug-likeness (QED) is 0.695. The summed E-state index contributed by atoms with van der Waals surface area (Å²) in [4.78, 5) is 0. The highest BCUT2D eigenvalue weighted by atomic mass is 19.1. The van der Waals surface area contributed by atoms with Crippen molar-refractivity contribution < 1.29 is 14.2 Å². The van der Waals surface area contributed by atoms with Crippen LogP contribution in [-0.2, 0) is 0 Å². The molecule has 1 aromatic carbocycles. The number of benzene rings is 1. The van der Waals surface area contributed by atoms with Gasteiger partial charge in [-0.2, -0.15) is 0 Å². The third-order valence-electron chi connectivity index (χ3n) is 2.03. The average molecular weight is 227 g/mol. The highest BCUT2D eigenvalue weighted by molar-refractivity contribution is 5.23. The lowest BCUT2D eigenvalue weighted by atomic mass is 10.3. The Kier molecular flexibility index (Phi) is 5.82. The molecule has 1 aromatic rings. The predicted molar refractivity (Wildman–Crippen MR) is 61.1 cm³/mol. The summed E-state index contributed by atoms with van der Waals surface area (Å²) in [7, 11) is 0. The van der Waals surface area contributed by atoms with Gasteiger partial charge in [-0.05, 0) is 32.0 Å². The van der Waals surface area contributed by atoms with Crippen molar-refractivity contribution in [3.05, 3.63) is 30.1 Å². The van der Waals surface area contributed by atoms with Gasteiger partial charge in [0.15, 0.2) is 11.6 Å². The predicted octanol–water partition coefficient (Wildman–Crippen LogP) is 1.56. The van der Waals surface area contributed by atoms with E-state index < -0.39 is 0 Å². The third-order valence-corrected chi connectivity index (χ3v) is 2.03. The molecule has 0 unspecified atom stereocenters. The summed E-state index contributed by atoms with van der Waals surface area (Å²) in [6.45, 7) is 3.51. The Morgan fingerprint density at radius 2 is 2.19 bits per heavy atom. The Bertz CT molecular complexity index is 305. The van der Waals surface area contributed by atoms with Crippen LogP contribution in [0.25, 0.3) is 0 Å². The van der Waals surface area contributed by atoms with E-state index in [1.165, 1.54) is 6.07 Å². The van der Waals surface area contributed by atoms with Gasteiger partial charge in [0.2, 0.25) is 0 Å². The third kappa shape index (κ3) is 5.09. The van der Waals surface area contributed by atoms with Crippen LogP contribution >= 0.6 is 0 Å². The van der Waals surface area contributed by atoms with Crippen molar-refractivity contribution in [1.29, 1.82) is 0 Å². The first-order valence-corrected chi connectivity index (χ1v) is 5.46. The molecule has 0 aliphatic heterocycles. The minimum atomic E-state index is -0.340. The normalized spacial score (nSPS) is 12.4. The molecule has 0 fully saturated rings. The molecule has 3 nitrogen and oxygen atoms in total. The molecule has 0 aliphatic rings. The van der Waals surface area contributed by atoms with E-state index in [0.29, 0.717) is 13.2 Å². The van der Waals surface area contributed by atoms with Gasteiger partial charge in [0.25, 0.3) is 0 Å². The summed E-state index contributed by atoms with van der Waals surface area (Å²) in [5.74, 6) is -0.0440. The molecule has 0 aromatic heterocycles. The van der Waals surface area contributed by atoms with E-state index in [9.17, 15) is 4.39 Å². The molecule has 0 radical (unpaired) electrons. The Morgan fingerprint density at radius 1 is 1.44 bits per heavy atom. The van der Waals surface area contributed by atoms with E-state index in [1.807, 2.05) is 0 Å². The number of ether oxygens (including phenoxy) is 1. The maximum Gasteiger partial charge on any atom is 0.165 e. The maximum absolute atomic E-state index is 13.1. The van der Waals surface area contributed by atoms with E-state index >= 15 is 0 Å². The molecule has 0 amide bonds. The summed E-state index contributed by atoms with van der Waals surface area (Å²) < 4.78 is 18.4. The Labute approximate surface area is 95.2 Å². The van der Waals surface area contributed by atoms with Crippen LogP contribution in [0.5, 0.6) is 5.75 Å². The number of hydrogen-bond donors (Lipinski definition) is 2. The molecule has 2 N–H and O–H groups in total. The van der Waals surface area contributed by atoms with Gasteiger partial charge in [-0.3, -0.25) is 0 Å². The van der Waals surface area contributed by atoms with Crippen molar-refractivity contribution in [1.82, 2.24) is 5.32 Å². The number of halogens is 1. The highest BCUT2D eigenvalue weighted by Crippen LogP contribution is 2.15. The minimum absolute atomic E-state index is 0.290. The highest BCUT2D eigenvalue weighted by Gasteiger charge is 2.00. The zero-order valence-electron chi connectivity index (χ0n) is 9.45. The van der Waals surface area contributed by atoms with Crippen LogP contribution in [0.15, 0.2) is 24.3 Å². The molecule has 0 spiro atoms. The summed E-state index contributed by atoms with van der Waals surface area (Å²) in [5, 5.41) is 12.0. The van der Waals surface area contributed by atoms with Gasteiger partial charge in [-0.25, -0.2) is 4.39 Å². The molecule has 0 saturated heterocycles. The lowest BCUT2D eigenvalue weighted by Crippen LogP contribution is -2.26. The maximum atomic E-state index is 13.1. The van der Waals surface area contributed by atoms with Crippen molar-refractivity contribution in [2.24, 2.45) is 0 Å². The van der Waals surface area contributed by atoms with Crippen LogP contribution < -0.4 is 10.1 Å². The van der Waals surface area contributed by atoms with Crippen molar-refractivity contribution >= 4 is 0 Å². The van der Waals surface area contributed by atoms with Crippen LogP contribution in [0.2, 0.25) is 0 Å². The number of nitrogens with one attached hydrogen (secondary N) is 1. The topological polar surface area (TPSA) is 41.5 Å². The molecule has 0 bridgehead atoms. The number of rotatable bonds is 7. The van der Waals surface area contributed by atoms with Crippen LogP contribution in [0.3, 0.4) is 0 Å². The van der Waals surface area contributed by atoms with Crippen LogP contribution in [0.1, 0.15) is 13.3 Å². The standard InChI is InChI=1S/C12H18FNO2/c1-10(15)9-14-7-4-8-16-12-6-3-2-5-11(12)13/h2-3,5-6,10,14-15H,4,7-9H2,1H3/t10-/m1/s1. The summed E-state index contributed by atoms with van der Waals surface area (Å²) in [6.07, 6.45) is 0.439. The first kappa shape index (κ1) is 12.9. The van der Waals surface area contributed by atoms with Crippen molar-refractivity contribution in [2.45, 2.75) is 19.4 Å². The molecule has 1 rings (SSSR count). The zero-order chi connectivity index (χ0) is 11.8. The van der Waals surface area contributed by atoms with Gasteiger partial charge in [-0.15, -0.1) is 0 Å². The fourth-order valence-corrected chi connectivity index (χ4v) is 1.25. The number of aliphatic hydroxyl groups excluding tert-OH is 1.